The predicted molar refractivity (Wildman–Crippen MR) is 125 cm³/mol. The summed E-state index contributed by atoms with van der Waals surface area (Å²) in [5.74, 6) is 0.828. The molecule has 3 aromatic heterocycles. The van der Waals surface area contributed by atoms with Crippen LogP contribution < -0.4 is 5.69 Å². The van der Waals surface area contributed by atoms with Crippen LogP contribution in [0.15, 0.2) is 77.9 Å². The minimum atomic E-state index is -0.0779. The van der Waals surface area contributed by atoms with Crippen LogP contribution in [-0.4, -0.2) is 35.4 Å². The molecule has 0 fully saturated rings. The van der Waals surface area contributed by atoms with Gasteiger partial charge in [-0.3, -0.25) is 14.1 Å². The Kier molecular flexibility index (Phi) is 5.56. The van der Waals surface area contributed by atoms with E-state index in [9.17, 15) is 9.90 Å². The molecule has 0 atom stereocenters. The van der Waals surface area contributed by atoms with Crippen molar-refractivity contribution < 1.29 is 5.11 Å². The van der Waals surface area contributed by atoms with Gasteiger partial charge < -0.3 is 9.67 Å². The summed E-state index contributed by atoms with van der Waals surface area (Å²) in [6.45, 7) is 1.77. The average molecular weight is 428 g/mol. The van der Waals surface area contributed by atoms with Crippen molar-refractivity contribution in [1.82, 2.24) is 23.7 Å². The van der Waals surface area contributed by atoms with Gasteiger partial charge in [0.1, 0.15) is 5.82 Å². The van der Waals surface area contributed by atoms with Gasteiger partial charge in [0.15, 0.2) is 0 Å². The maximum Gasteiger partial charge on any atom is 0.329 e. The van der Waals surface area contributed by atoms with Crippen molar-refractivity contribution in [2.45, 2.75) is 32.5 Å². The van der Waals surface area contributed by atoms with Crippen LogP contribution in [0.2, 0.25) is 0 Å². The van der Waals surface area contributed by atoms with Crippen LogP contribution >= 0.6 is 0 Å². The van der Waals surface area contributed by atoms with Gasteiger partial charge in [0, 0.05) is 19.3 Å². The van der Waals surface area contributed by atoms with E-state index in [1.807, 2.05) is 60.7 Å². The lowest BCUT2D eigenvalue weighted by molar-refractivity contribution is 0.281. The molecule has 0 aliphatic rings. The summed E-state index contributed by atoms with van der Waals surface area (Å²) in [5, 5.41) is 9.21. The lowest BCUT2D eigenvalue weighted by atomic mass is 10.2. The summed E-state index contributed by atoms with van der Waals surface area (Å²) in [6.07, 6.45) is 5.04. The van der Waals surface area contributed by atoms with Crippen molar-refractivity contribution in [3.63, 3.8) is 0 Å². The van der Waals surface area contributed by atoms with Gasteiger partial charge in [0.2, 0.25) is 0 Å². The molecule has 0 amide bonds. The van der Waals surface area contributed by atoms with Gasteiger partial charge in [-0.25, -0.2) is 9.78 Å². The molecule has 5 rings (SSSR count). The first-order chi connectivity index (χ1) is 15.8. The Morgan fingerprint density at radius 3 is 2.41 bits per heavy atom. The third-order valence-electron chi connectivity index (χ3n) is 5.83. The molecule has 0 unspecified atom stereocenters. The Hall–Kier alpha value is -3.71. The van der Waals surface area contributed by atoms with Crippen molar-refractivity contribution in [1.29, 1.82) is 0 Å². The molecule has 0 aliphatic heterocycles. The van der Waals surface area contributed by atoms with Crippen molar-refractivity contribution in [3.05, 3.63) is 94.9 Å². The molecule has 7 nitrogen and oxygen atoms in total. The van der Waals surface area contributed by atoms with Crippen LogP contribution in [0.1, 0.15) is 24.2 Å². The zero-order chi connectivity index (χ0) is 21.9. The summed E-state index contributed by atoms with van der Waals surface area (Å²) >= 11 is 0. The Morgan fingerprint density at radius 1 is 0.781 bits per heavy atom. The smallest absolute Gasteiger partial charge is 0.329 e. The molecule has 3 heterocycles. The number of aryl methyl sites for hydroxylation is 1. The summed E-state index contributed by atoms with van der Waals surface area (Å²) in [4.78, 5) is 22.6. The number of fused-ring (bicyclic) bond motifs is 2. The van der Waals surface area contributed by atoms with Crippen molar-refractivity contribution >= 4 is 22.1 Å². The fraction of sp³-hybridized carbons (Fsp3) is 0.240. The van der Waals surface area contributed by atoms with E-state index in [1.165, 1.54) is 0 Å². The first-order valence-corrected chi connectivity index (χ1v) is 10.9. The minimum absolute atomic E-state index is 0.0779. The Bertz CT molecular complexity index is 1420. The molecule has 2 aromatic carbocycles. The van der Waals surface area contributed by atoms with Gasteiger partial charge in [0.05, 0.1) is 41.4 Å². The van der Waals surface area contributed by atoms with Crippen LogP contribution in [0.4, 0.5) is 0 Å². The lowest BCUT2D eigenvalue weighted by Gasteiger charge is -2.09. The molecular formula is C25H25N5O2. The highest BCUT2D eigenvalue weighted by atomic mass is 16.3. The zero-order valence-corrected chi connectivity index (χ0v) is 17.8. The van der Waals surface area contributed by atoms with Gasteiger partial charge in [-0.05, 0) is 36.6 Å². The summed E-state index contributed by atoms with van der Waals surface area (Å²) < 4.78 is 5.72. The molecule has 32 heavy (non-hydrogen) atoms. The standard InChI is InChI=1S/C25H25N5O2/c31-15-7-6-14-28-21-11-5-4-10-20(21)27-24(28)18-30-23-16-26-13-12-22(23)29(25(30)32)17-19-8-2-1-3-9-19/h1-5,8-13,16,31H,6-7,14-15,17-18H2. The van der Waals surface area contributed by atoms with E-state index in [0.717, 1.165) is 52.8 Å². The summed E-state index contributed by atoms with van der Waals surface area (Å²) in [5.41, 5.74) is 4.59. The SMILES string of the molecule is O=c1n(Cc2ccccc2)c2ccncc2n1Cc1nc2ccccc2n1CCCCO. The second-order valence-electron chi connectivity index (χ2n) is 7.90. The van der Waals surface area contributed by atoms with E-state index in [0.29, 0.717) is 13.1 Å². The van der Waals surface area contributed by atoms with Crippen LogP contribution in [0.3, 0.4) is 0 Å². The van der Waals surface area contributed by atoms with Gasteiger partial charge in [-0.1, -0.05) is 42.5 Å². The number of rotatable bonds is 8. The lowest BCUT2D eigenvalue weighted by Crippen LogP contribution is -2.26. The molecule has 5 aromatic rings. The Morgan fingerprint density at radius 2 is 1.56 bits per heavy atom. The quantitative estimate of drug-likeness (QED) is 0.385. The molecule has 0 spiro atoms. The fourth-order valence-corrected chi connectivity index (χ4v) is 4.26. The Balaban J connectivity index is 1.59. The number of para-hydroxylation sites is 2. The molecule has 0 bridgehead atoms. The molecule has 0 saturated heterocycles. The fourth-order valence-electron chi connectivity index (χ4n) is 4.26. The number of benzene rings is 2. The third kappa shape index (κ3) is 3.71. The number of imidazole rings is 2. The number of unbranched alkanes of at least 4 members (excludes halogenated alkanes) is 1. The van der Waals surface area contributed by atoms with Crippen LogP contribution in [0, 0.1) is 0 Å². The highest BCUT2D eigenvalue weighted by Crippen LogP contribution is 2.20. The van der Waals surface area contributed by atoms with Gasteiger partial charge in [0.25, 0.3) is 0 Å². The van der Waals surface area contributed by atoms with Crippen molar-refractivity contribution in [3.8, 4) is 0 Å². The highest BCUT2D eigenvalue weighted by Gasteiger charge is 2.17. The number of aliphatic hydroxyl groups excluding tert-OH is 1. The van der Waals surface area contributed by atoms with Gasteiger partial charge >= 0.3 is 5.69 Å². The Labute approximate surface area is 185 Å². The van der Waals surface area contributed by atoms with Crippen LogP contribution in [0.25, 0.3) is 22.1 Å². The largest absolute Gasteiger partial charge is 0.396 e. The molecule has 0 saturated carbocycles. The number of hydrogen-bond donors (Lipinski definition) is 1. The van der Waals surface area contributed by atoms with Gasteiger partial charge in [-0.15, -0.1) is 0 Å². The predicted octanol–water partition coefficient (Wildman–Crippen LogP) is 3.42. The van der Waals surface area contributed by atoms with Crippen molar-refractivity contribution in [2.24, 2.45) is 0 Å². The average Bonchev–Trinajstić information content (AvgIpc) is 3.31. The van der Waals surface area contributed by atoms with Crippen molar-refractivity contribution in [2.75, 3.05) is 6.61 Å². The number of aliphatic hydroxyl groups is 1. The van der Waals surface area contributed by atoms with Crippen LogP contribution in [0.5, 0.6) is 0 Å². The zero-order valence-electron chi connectivity index (χ0n) is 17.8. The van der Waals surface area contributed by atoms with E-state index >= 15 is 0 Å². The molecule has 1 N–H and O–H groups in total. The van der Waals surface area contributed by atoms with E-state index in [-0.39, 0.29) is 12.3 Å². The second kappa shape index (κ2) is 8.80. The van der Waals surface area contributed by atoms with Gasteiger partial charge in [-0.2, -0.15) is 0 Å². The normalized spacial score (nSPS) is 11.5. The summed E-state index contributed by atoms with van der Waals surface area (Å²) in [6, 6.07) is 19.9. The molecule has 7 heteroatoms. The minimum Gasteiger partial charge on any atom is -0.396 e. The van der Waals surface area contributed by atoms with E-state index in [2.05, 4.69) is 9.55 Å². The molecule has 162 valence electrons. The maximum absolute atomic E-state index is 13.5. The first-order valence-electron chi connectivity index (χ1n) is 10.9. The van der Waals surface area contributed by atoms with E-state index in [4.69, 9.17) is 4.98 Å². The highest BCUT2D eigenvalue weighted by molar-refractivity contribution is 5.77. The number of nitrogens with zero attached hydrogens (tertiary/aromatic N) is 5. The molecule has 0 radical (unpaired) electrons. The van der Waals surface area contributed by atoms with Crippen LogP contribution in [-0.2, 0) is 19.6 Å². The topological polar surface area (TPSA) is 77.9 Å². The maximum atomic E-state index is 13.5. The second-order valence-corrected chi connectivity index (χ2v) is 7.90. The monoisotopic (exact) mass is 427 g/mol. The van der Waals surface area contributed by atoms with E-state index in [1.54, 1.807) is 21.5 Å². The molecule has 0 aliphatic carbocycles. The number of pyridine rings is 1. The first kappa shape index (κ1) is 20.2. The number of aromatic nitrogens is 5. The number of hydrogen-bond acceptors (Lipinski definition) is 4. The third-order valence-corrected chi connectivity index (χ3v) is 5.83. The summed E-state index contributed by atoms with van der Waals surface area (Å²) in [7, 11) is 0. The molecular weight excluding hydrogens is 402 g/mol. The van der Waals surface area contributed by atoms with E-state index < -0.39 is 0 Å².